The van der Waals surface area contributed by atoms with Crippen molar-refractivity contribution < 1.29 is 16.4 Å². The molecule has 0 aliphatic rings. The van der Waals surface area contributed by atoms with Crippen LogP contribution in [-0.2, 0) is 6.54 Å². The van der Waals surface area contributed by atoms with Crippen LogP contribution in [0.1, 0.15) is 22.3 Å². The molecule has 0 amide bonds. The molecule has 0 bridgehead atoms. The maximum atomic E-state index is 10.5. The van der Waals surface area contributed by atoms with Crippen LogP contribution in [0.4, 0.5) is 5.82 Å². The number of hydrogen-bond donors (Lipinski definition) is 4. The van der Waals surface area contributed by atoms with Gasteiger partial charge in [-0.2, -0.15) is 10.6 Å². The smallest absolute Gasteiger partial charge is 0.270 e. The van der Waals surface area contributed by atoms with Gasteiger partial charge >= 0.3 is 0 Å². The van der Waals surface area contributed by atoms with E-state index in [1.807, 2.05) is 31.3 Å². The number of nitrogens with one attached hydrogen (secondary N) is 1. The summed E-state index contributed by atoms with van der Waals surface area (Å²) in [5, 5.41) is 11.2. The van der Waals surface area contributed by atoms with Crippen LogP contribution in [0.5, 0.6) is 0 Å². The normalized spacial score (nSPS) is 12.3. The van der Waals surface area contributed by atoms with Crippen molar-refractivity contribution in [1.82, 2.24) is 25.5 Å². The van der Waals surface area contributed by atoms with E-state index < -0.39 is 10.6 Å². The molecule has 0 unspecified atom stereocenters. The summed E-state index contributed by atoms with van der Waals surface area (Å²) in [6, 6.07) is 12.7. The highest BCUT2D eigenvalue weighted by atomic mass is 35.5. The molecule has 0 atom stereocenters. The first-order valence-corrected chi connectivity index (χ1v) is 12.5. The number of anilines is 1. The van der Waals surface area contributed by atoms with E-state index in [9.17, 15) is 9.11 Å². The van der Waals surface area contributed by atoms with Gasteiger partial charge in [0.25, 0.3) is 5.89 Å². The molecule has 2 heterocycles. The molecule has 4 rings (SSSR count). The van der Waals surface area contributed by atoms with Crippen molar-refractivity contribution >= 4 is 28.0 Å². The Morgan fingerprint density at radius 3 is 2.41 bits per heavy atom. The Bertz CT molecular complexity index is 1320. The monoisotopic (exact) mass is 504 g/mol. The van der Waals surface area contributed by atoms with Crippen LogP contribution >= 0.6 is 22.2 Å². The topological polar surface area (TPSA) is 143 Å². The maximum Gasteiger partial charge on any atom is 0.270 e. The lowest BCUT2D eigenvalue weighted by Gasteiger charge is -2.37. The number of nitrogen functional groups attached to an aromatic ring is 1. The fourth-order valence-corrected chi connectivity index (χ4v) is 4.90. The lowest BCUT2D eigenvalue weighted by molar-refractivity contribution is 0.476. The maximum absolute atomic E-state index is 10.5. The summed E-state index contributed by atoms with van der Waals surface area (Å²) in [5.41, 5.74) is 9.29. The number of hydrogen-bond acceptors (Lipinski definition) is 9. The van der Waals surface area contributed by atoms with Crippen LogP contribution in [0.2, 0.25) is 5.02 Å². The molecule has 2 aromatic carbocycles. The first-order valence-electron chi connectivity index (χ1n) is 10.5. The van der Waals surface area contributed by atoms with Crippen LogP contribution in [0.15, 0.2) is 58.0 Å². The highest BCUT2D eigenvalue weighted by molar-refractivity contribution is 8.24. The first-order chi connectivity index (χ1) is 16.2. The third-order valence-corrected chi connectivity index (χ3v) is 7.96. The molecule has 0 aliphatic carbocycles. The summed E-state index contributed by atoms with van der Waals surface area (Å²) in [5.74, 6) is 0.613. The number of nitrogens with two attached hydrogens (primary N) is 1. The molecular formula is C23H29ClN6O3S. The van der Waals surface area contributed by atoms with E-state index in [1.165, 1.54) is 6.20 Å². The van der Waals surface area contributed by atoms with Crippen LogP contribution < -0.4 is 11.1 Å². The minimum absolute atomic E-state index is 0. The summed E-state index contributed by atoms with van der Waals surface area (Å²) in [7, 11) is -1.13. The molecule has 2 aromatic heterocycles. The average Bonchev–Trinajstić information content (AvgIpc) is 3.30. The fourth-order valence-electron chi connectivity index (χ4n) is 3.26. The van der Waals surface area contributed by atoms with Gasteiger partial charge in [0, 0.05) is 25.8 Å². The van der Waals surface area contributed by atoms with E-state index in [2.05, 4.69) is 25.5 Å². The summed E-state index contributed by atoms with van der Waals surface area (Å²) < 4.78 is 26.7. The van der Waals surface area contributed by atoms with Crippen LogP contribution in [0.25, 0.3) is 34.3 Å². The number of halogens is 1. The molecule has 9 nitrogen and oxygen atoms in total. The zero-order valence-electron chi connectivity index (χ0n) is 18.9. The van der Waals surface area contributed by atoms with Crippen molar-refractivity contribution in [2.75, 3.05) is 12.8 Å². The van der Waals surface area contributed by atoms with Crippen molar-refractivity contribution in [2.24, 2.45) is 0 Å². The van der Waals surface area contributed by atoms with Gasteiger partial charge < -0.3 is 15.5 Å². The molecule has 11 heteroatoms. The van der Waals surface area contributed by atoms with E-state index in [4.69, 9.17) is 21.8 Å². The van der Waals surface area contributed by atoms with Gasteiger partial charge in [0.1, 0.15) is 0 Å². The summed E-state index contributed by atoms with van der Waals surface area (Å²) in [6.07, 6.45) is 1.50. The standard InChI is InChI=1S/C23H25ClN6O3S.2H2/c1-13(2)34(31,32)19-9-8-16(10-17(19)24)18-12-27-21(25)20(28-18)23-30-29-22(33-23)15-6-4-14(5-7-15)11-26-3;;/h4-10,12-13,26,31-32H,11H2,1-3H3,(H2,25,27);2*1H. The third-order valence-electron chi connectivity index (χ3n) is 5.22. The van der Waals surface area contributed by atoms with Crippen LogP contribution in [0.3, 0.4) is 0 Å². The molecule has 0 spiro atoms. The average molecular weight is 505 g/mol. The second-order valence-electron chi connectivity index (χ2n) is 7.92. The van der Waals surface area contributed by atoms with Gasteiger partial charge in [-0.05, 0) is 50.7 Å². The van der Waals surface area contributed by atoms with Crippen molar-refractivity contribution in [1.29, 1.82) is 0 Å². The highest BCUT2D eigenvalue weighted by Gasteiger charge is 2.24. The van der Waals surface area contributed by atoms with E-state index in [0.29, 0.717) is 22.0 Å². The fraction of sp³-hybridized carbons (Fsp3) is 0.217. The predicted octanol–water partition coefficient (Wildman–Crippen LogP) is 5.83. The molecule has 0 aliphatic heterocycles. The van der Waals surface area contributed by atoms with E-state index in [0.717, 1.165) is 17.7 Å². The van der Waals surface area contributed by atoms with Gasteiger partial charge in [0.15, 0.2) is 11.5 Å². The number of rotatable bonds is 7. The van der Waals surface area contributed by atoms with Gasteiger partial charge in [-0.15, -0.1) is 10.2 Å². The predicted molar refractivity (Wildman–Crippen MR) is 139 cm³/mol. The van der Waals surface area contributed by atoms with Crippen molar-refractivity contribution in [3.63, 3.8) is 0 Å². The van der Waals surface area contributed by atoms with Gasteiger partial charge in [0.05, 0.1) is 21.8 Å². The summed E-state index contributed by atoms with van der Waals surface area (Å²) in [4.78, 5) is 9.07. The van der Waals surface area contributed by atoms with E-state index >= 15 is 0 Å². The SMILES string of the molecule is CNCc1ccc(-c2nnc(-c3nc(-c4ccc(S(O)(O)C(C)C)c(Cl)c4)cnc3N)o2)cc1.[HH].[HH]. The molecule has 4 aromatic rings. The second kappa shape index (κ2) is 9.69. The molecular weight excluding hydrogens is 476 g/mol. The van der Waals surface area contributed by atoms with Crippen LogP contribution in [0, 0.1) is 0 Å². The van der Waals surface area contributed by atoms with Gasteiger partial charge in [0.2, 0.25) is 5.89 Å². The Kier molecular flexibility index (Phi) is 6.87. The Morgan fingerprint density at radius 2 is 1.76 bits per heavy atom. The van der Waals surface area contributed by atoms with Gasteiger partial charge in [-0.1, -0.05) is 29.8 Å². The van der Waals surface area contributed by atoms with Crippen LogP contribution in [-0.4, -0.2) is 41.6 Å². The summed E-state index contributed by atoms with van der Waals surface area (Å²) in [6.45, 7) is 4.22. The van der Waals surface area contributed by atoms with Crippen molar-refractivity contribution in [3.8, 4) is 34.3 Å². The molecule has 34 heavy (non-hydrogen) atoms. The minimum Gasteiger partial charge on any atom is -0.414 e. The second-order valence-corrected chi connectivity index (χ2v) is 10.9. The number of nitrogens with zero attached hydrogens (tertiary/aromatic N) is 4. The number of aromatic nitrogens is 4. The molecule has 0 saturated heterocycles. The molecule has 182 valence electrons. The third kappa shape index (κ3) is 4.77. The largest absolute Gasteiger partial charge is 0.414 e. The Labute approximate surface area is 206 Å². The zero-order chi connectivity index (χ0) is 24.5. The molecule has 0 radical (unpaired) electrons. The molecule has 0 saturated carbocycles. The molecule has 0 fully saturated rings. The zero-order valence-corrected chi connectivity index (χ0v) is 20.4. The van der Waals surface area contributed by atoms with Crippen molar-refractivity contribution in [2.45, 2.75) is 30.5 Å². The van der Waals surface area contributed by atoms with Gasteiger partial charge in [-0.25, -0.2) is 9.97 Å². The lowest BCUT2D eigenvalue weighted by atomic mass is 10.1. The van der Waals surface area contributed by atoms with E-state index in [-0.39, 0.29) is 30.5 Å². The first kappa shape index (κ1) is 24.1. The molecule has 5 N–H and O–H groups in total. The highest BCUT2D eigenvalue weighted by Crippen LogP contribution is 2.55. The van der Waals surface area contributed by atoms with E-state index in [1.54, 1.807) is 32.0 Å². The van der Waals surface area contributed by atoms with Crippen molar-refractivity contribution in [3.05, 3.63) is 59.2 Å². The Hall–Kier alpha value is -3.02. The quantitative estimate of drug-likeness (QED) is 0.244. The lowest BCUT2D eigenvalue weighted by Crippen LogP contribution is -2.11. The number of benzene rings is 2. The summed E-state index contributed by atoms with van der Waals surface area (Å²) >= 11 is 6.38. The Balaban J connectivity index is 0.00000228. The van der Waals surface area contributed by atoms with Gasteiger partial charge in [-0.3, -0.25) is 9.11 Å². The Morgan fingerprint density at radius 1 is 1.09 bits per heavy atom. The minimum atomic E-state index is -3.02.